The summed E-state index contributed by atoms with van der Waals surface area (Å²) in [7, 11) is 0. The molecule has 0 radical (unpaired) electrons. The largest absolute Gasteiger partial charge is 0.493 e. The number of para-hydroxylation sites is 1. The van der Waals surface area contributed by atoms with Gasteiger partial charge in [-0.3, -0.25) is 4.79 Å². The number of rotatable bonds is 3. The fraction of sp³-hybridized carbons (Fsp3) is 0.333. The lowest BCUT2D eigenvalue weighted by atomic mass is 10.0. The number of primary amides is 1. The fourth-order valence-corrected chi connectivity index (χ4v) is 1.90. The van der Waals surface area contributed by atoms with E-state index in [-0.39, 0.29) is 18.5 Å². The van der Waals surface area contributed by atoms with Crippen LogP contribution in [-0.2, 0) is 4.79 Å². The quantitative estimate of drug-likeness (QED) is 0.719. The molecule has 96 valence electrons. The molecule has 1 aromatic rings. The second-order valence-corrected chi connectivity index (χ2v) is 4.01. The van der Waals surface area contributed by atoms with E-state index in [0.717, 1.165) is 11.3 Å². The van der Waals surface area contributed by atoms with Crippen molar-refractivity contribution in [1.82, 2.24) is 10.6 Å². The van der Waals surface area contributed by atoms with E-state index in [0.29, 0.717) is 13.0 Å². The van der Waals surface area contributed by atoms with Crippen molar-refractivity contribution in [1.29, 1.82) is 0 Å². The lowest BCUT2D eigenvalue weighted by Crippen LogP contribution is -2.41. The monoisotopic (exact) mass is 249 g/mol. The molecule has 0 saturated heterocycles. The van der Waals surface area contributed by atoms with E-state index in [4.69, 9.17) is 10.5 Å². The van der Waals surface area contributed by atoms with Crippen molar-refractivity contribution >= 4 is 11.9 Å². The maximum atomic E-state index is 11.6. The van der Waals surface area contributed by atoms with Crippen LogP contribution in [0.5, 0.6) is 5.75 Å². The minimum Gasteiger partial charge on any atom is -0.493 e. The molecule has 0 spiro atoms. The lowest BCUT2D eigenvalue weighted by Gasteiger charge is -2.26. The molecule has 0 fully saturated rings. The summed E-state index contributed by atoms with van der Waals surface area (Å²) in [6.45, 7) is 0.445. The number of nitrogens with one attached hydrogen (secondary N) is 2. The van der Waals surface area contributed by atoms with Crippen molar-refractivity contribution in [3.63, 3.8) is 0 Å². The molecule has 1 heterocycles. The zero-order valence-electron chi connectivity index (χ0n) is 9.81. The maximum Gasteiger partial charge on any atom is 0.312 e. The first kappa shape index (κ1) is 12.2. The topological polar surface area (TPSA) is 93.5 Å². The Bertz CT molecular complexity index is 462. The van der Waals surface area contributed by atoms with Gasteiger partial charge < -0.3 is 21.1 Å². The number of fused-ring (bicyclic) bond motifs is 1. The highest BCUT2D eigenvalue weighted by atomic mass is 16.5. The number of carbonyl (C=O) groups is 2. The van der Waals surface area contributed by atoms with Gasteiger partial charge in [0, 0.05) is 12.0 Å². The molecule has 1 unspecified atom stereocenters. The van der Waals surface area contributed by atoms with Crippen LogP contribution in [0.1, 0.15) is 18.0 Å². The van der Waals surface area contributed by atoms with Gasteiger partial charge in [-0.1, -0.05) is 18.2 Å². The van der Waals surface area contributed by atoms with E-state index in [1.165, 1.54) is 0 Å². The molecule has 2 rings (SSSR count). The second-order valence-electron chi connectivity index (χ2n) is 4.01. The van der Waals surface area contributed by atoms with Gasteiger partial charge in [0.15, 0.2) is 0 Å². The number of hydrogen-bond acceptors (Lipinski definition) is 3. The third-order valence-electron chi connectivity index (χ3n) is 2.72. The average Bonchev–Trinajstić information content (AvgIpc) is 2.37. The molecule has 6 heteroatoms. The van der Waals surface area contributed by atoms with Gasteiger partial charge in [0.1, 0.15) is 5.75 Å². The number of ether oxygens (including phenoxy) is 1. The van der Waals surface area contributed by atoms with Gasteiger partial charge in [0.05, 0.1) is 19.2 Å². The molecule has 3 amide bonds. The zero-order valence-corrected chi connectivity index (χ0v) is 9.81. The molecule has 1 aliphatic rings. The molecular weight excluding hydrogens is 234 g/mol. The summed E-state index contributed by atoms with van der Waals surface area (Å²) in [5, 5.41) is 5.10. The first-order chi connectivity index (χ1) is 8.66. The summed E-state index contributed by atoms with van der Waals surface area (Å²) in [6.07, 6.45) is 0.708. The summed E-state index contributed by atoms with van der Waals surface area (Å²) < 4.78 is 5.49. The van der Waals surface area contributed by atoms with Crippen molar-refractivity contribution in [2.24, 2.45) is 5.73 Å². The Labute approximate surface area is 104 Å². The smallest absolute Gasteiger partial charge is 0.312 e. The zero-order chi connectivity index (χ0) is 13.0. The van der Waals surface area contributed by atoms with E-state index in [1.54, 1.807) is 0 Å². The molecule has 4 N–H and O–H groups in total. The van der Waals surface area contributed by atoms with E-state index in [2.05, 4.69) is 10.6 Å². The summed E-state index contributed by atoms with van der Waals surface area (Å²) in [4.78, 5) is 22.1. The van der Waals surface area contributed by atoms with Crippen molar-refractivity contribution in [3.8, 4) is 5.75 Å². The minimum atomic E-state index is -0.711. The maximum absolute atomic E-state index is 11.6. The Hall–Kier alpha value is -2.24. The number of hydrogen-bond donors (Lipinski definition) is 3. The predicted molar refractivity (Wildman–Crippen MR) is 65.0 cm³/mol. The molecule has 0 saturated carbocycles. The molecular formula is C12H15N3O3. The molecule has 0 bridgehead atoms. The molecule has 18 heavy (non-hydrogen) atoms. The first-order valence-corrected chi connectivity index (χ1v) is 5.71. The summed E-state index contributed by atoms with van der Waals surface area (Å²) in [6, 6.07) is 6.78. The fourth-order valence-electron chi connectivity index (χ4n) is 1.90. The van der Waals surface area contributed by atoms with E-state index in [9.17, 15) is 9.59 Å². The number of nitrogens with two attached hydrogens (primary N) is 1. The highest BCUT2D eigenvalue weighted by molar-refractivity contribution is 5.83. The Balaban J connectivity index is 1.98. The van der Waals surface area contributed by atoms with Crippen LogP contribution in [0.15, 0.2) is 24.3 Å². The Morgan fingerprint density at radius 2 is 2.17 bits per heavy atom. The standard InChI is InChI=1S/C12H15N3O3/c13-12(17)14-7-11(16)15-9-5-6-18-10-4-2-1-3-8(9)10/h1-4,9H,5-7H2,(H,15,16)(H3,13,14,17). The molecule has 0 aliphatic carbocycles. The van der Waals surface area contributed by atoms with Crippen LogP contribution < -0.4 is 21.1 Å². The SMILES string of the molecule is NC(=O)NCC(=O)NC1CCOc2ccccc21. The third kappa shape index (κ3) is 2.91. The van der Waals surface area contributed by atoms with Gasteiger partial charge in [-0.15, -0.1) is 0 Å². The molecule has 0 aromatic heterocycles. The summed E-state index contributed by atoms with van der Waals surface area (Å²) >= 11 is 0. The van der Waals surface area contributed by atoms with Gasteiger partial charge in [0.2, 0.25) is 5.91 Å². The Morgan fingerprint density at radius 3 is 2.94 bits per heavy atom. The van der Waals surface area contributed by atoms with Crippen molar-refractivity contribution in [3.05, 3.63) is 29.8 Å². The molecule has 6 nitrogen and oxygen atoms in total. The number of amides is 3. The van der Waals surface area contributed by atoms with Crippen LogP contribution in [0.25, 0.3) is 0 Å². The third-order valence-corrected chi connectivity index (χ3v) is 2.72. The highest BCUT2D eigenvalue weighted by Crippen LogP contribution is 2.31. The van der Waals surface area contributed by atoms with E-state index in [1.807, 2.05) is 24.3 Å². The van der Waals surface area contributed by atoms with Crippen LogP contribution in [-0.4, -0.2) is 25.1 Å². The van der Waals surface area contributed by atoms with Gasteiger partial charge in [-0.05, 0) is 6.07 Å². The minimum absolute atomic E-state index is 0.0860. The van der Waals surface area contributed by atoms with Crippen molar-refractivity contribution in [2.45, 2.75) is 12.5 Å². The highest BCUT2D eigenvalue weighted by Gasteiger charge is 2.22. The van der Waals surface area contributed by atoms with Gasteiger partial charge in [-0.25, -0.2) is 4.79 Å². The Kier molecular flexibility index (Phi) is 3.66. The van der Waals surface area contributed by atoms with Crippen molar-refractivity contribution in [2.75, 3.05) is 13.2 Å². The lowest BCUT2D eigenvalue weighted by molar-refractivity contribution is -0.121. The normalized spacial score (nSPS) is 17.2. The van der Waals surface area contributed by atoms with E-state index >= 15 is 0 Å². The van der Waals surface area contributed by atoms with Crippen molar-refractivity contribution < 1.29 is 14.3 Å². The van der Waals surface area contributed by atoms with Crippen LogP contribution in [0.4, 0.5) is 4.79 Å². The summed E-state index contributed by atoms with van der Waals surface area (Å²) in [5.41, 5.74) is 5.86. The first-order valence-electron chi connectivity index (χ1n) is 5.71. The predicted octanol–water partition coefficient (Wildman–Crippen LogP) is 0.295. The van der Waals surface area contributed by atoms with Crippen LogP contribution in [0, 0.1) is 0 Å². The van der Waals surface area contributed by atoms with Crippen LogP contribution in [0.2, 0.25) is 0 Å². The molecule has 1 atom stereocenters. The summed E-state index contributed by atoms with van der Waals surface area (Å²) in [5.74, 6) is 0.521. The number of urea groups is 1. The molecule has 1 aliphatic heterocycles. The van der Waals surface area contributed by atoms with Gasteiger partial charge in [0.25, 0.3) is 0 Å². The second kappa shape index (κ2) is 5.39. The number of benzene rings is 1. The Morgan fingerprint density at radius 1 is 1.39 bits per heavy atom. The average molecular weight is 249 g/mol. The van der Waals surface area contributed by atoms with E-state index < -0.39 is 6.03 Å². The van der Waals surface area contributed by atoms with Gasteiger partial charge >= 0.3 is 6.03 Å². The van der Waals surface area contributed by atoms with Crippen LogP contribution >= 0.6 is 0 Å². The van der Waals surface area contributed by atoms with Crippen LogP contribution in [0.3, 0.4) is 0 Å². The molecule has 1 aromatic carbocycles. The van der Waals surface area contributed by atoms with Gasteiger partial charge in [-0.2, -0.15) is 0 Å². The number of carbonyl (C=O) groups excluding carboxylic acids is 2.